The second kappa shape index (κ2) is 5.71. The van der Waals surface area contributed by atoms with Crippen LogP contribution in [0.3, 0.4) is 0 Å². The maximum absolute atomic E-state index is 5.56. The first-order valence-electron chi connectivity index (χ1n) is 6.31. The molecular weight excluding hydrogens is 260 g/mol. The minimum Gasteiger partial charge on any atom is -0.407 e. The first-order valence-corrected chi connectivity index (χ1v) is 7.19. The van der Waals surface area contributed by atoms with Gasteiger partial charge in [0.05, 0.1) is 12.6 Å². The van der Waals surface area contributed by atoms with Gasteiger partial charge in [-0.25, -0.2) is 0 Å². The van der Waals surface area contributed by atoms with Gasteiger partial charge in [0.1, 0.15) is 0 Å². The van der Waals surface area contributed by atoms with Crippen molar-refractivity contribution in [2.75, 3.05) is 5.32 Å². The highest BCUT2D eigenvalue weighted by Gasteiger charge is 2.14. The van der Waals surface area contributed by atoms with Crippen molar-refractivity contribution in [3.05, 3.63) is 28.3 Å². The number of nitrogens with one attached hydrogen (secondary N) is 2. The van der Waals surface area contributed by atoms with Crippen LogP contribution in [-0.4, -0.2) is 15.7 Å². The lowest BCUT2D eigenvalue weighted by Gasteiger charge is -2.18. The Bertz CT molecular complexity index is 501. The SMILES string of the molecule is CC(Nc1nnc(CNC(C)(C)C)o1)c1cccs1. The number of anilines is 1. The molecule has 0 spiro atoms. The van der Waals surface area contributed by atoms with Crippen LogP contribution in [0.2, 0.25) is 0 Å². The molecule has 0 aliphatic carbocycles. The second-order valence-corrected chi connectivity index (χ2v) is 6.47. The molecule has 2 N–H and O–H groups in total. The largest absolute Gasteiger partial charge is 0.407 e. The van der Waals surface area contributed by atoms with E-state index in [0.717, 1.165) is 0 Å². The minimum absolute atomic E-state index is 0.0340. The van der Waals surface area contributed by atoms with E-state index in [-0.39, 0.29) is 11.6 Å². The van der Waals surface area contributed by atoms with E-state index in [1.807, 2.05) is 6.07 Å². The normalized spacial score (nSPS) is 13.5. The van der Waals surface area contributed by atoms with E-state index in [2.05, 4.69) is 60.0 Å². The molecule has 6 heteroatoms. The van der Waals surface area contributed by atoms with Gasteiger partial charge in [0, 0.05) is 10.4 Å². The summed E-state index contributed by atoms with van der Waals surface area (Å²) in [6, 6.07) is 4.75. The quantitative estimate of drug-likeness (QED) is 0.880. The molecule has 0 aliphatic heterocycles. The van der Waals surface area contributed by atoms with Crippen LogP contribution in [0, 0.1) is 0 Å². The Kier molecular flexibility index (Phi) is 4.21. The standard InChI is InChI=1S/C13H20N4OS/c1-9(10-6-5-7-19-10)15-12-17-16-11(18-12)8-14-13(2,3)4/h5-7,9,14H,8H2,1-4H3,(H,15,17). The lowest BCUT2D eigenvalue weighted by molar-refractivity contribution is 0.383. The fourth-order valence-electron chi connectivity index (χ4n) is 1.52. The Morgan fingerprint density at radius 2 is 2.16 bits per heavy atom. The van der Waals surface area contributed by atoms with Crippen LogP contribution in [0.5, 0.6) is 0 Å². The van der Waals surface area contributed by atoms with Crippen molar-refractivity contribution in [2.24, 2.45) is 0 Å². The number of aromatic nitrogens is 2. The van der Waals surface area contributed by atoms with Crippen molar-refractivity contribution < 1.29 is 4.42 Å². The van der Waals surface area contributed by atoms with Crippen LogP contribution in [0.25, 0.3) is 0 Å². The number of nitrogens with zero attached hydrogens (tertiary/aromatic N) is 2. The molecule has 0 amide bonds. The third kappa shape index (κ3) is 4.33. The Morgan fingerprint density at radius 1 is 1.37 bits per heavy atom. The number of rotatable bonds is 5. The average Bonchev–Trinajstić information content (AvgIpc) is 2.96. The van der Waals surface area contributed by atoms with Crippen molar-refractivity contribution in [1.82, 2.24) is 15.5 Å². The van der Waals surface area contributed by atoms with E-state index in [1.165, 1.54) is 4.88 Å². The summed E-state index contributed by atoms with van der Waals surface area (Å²) in [4.78, 5) is 1.24. The van der Waals surface area contributed by atoms with Gasteiger partial charge in [-0.3, -0.25) is 0 Å². The maximum atomic E-state index is 5.56. The van der Waals surface area contributed by atoms with E-state index >= 15 is 0 Å². The topological polar surface area (TPSA) is 63.0 Å². The van der Waals surface area contributed by atoms with E-state index < -0.39 is 0 Å². The molecule has 1 atom stereocenters. The van der Waals surface area contributed by atoms with E-state index in [9.17, 15) is 0 Å². The highest BCUT2D eigenvalue weighted by molar-refractivity contribution is 7.10. The molecular formula is C13H20N4OS. The summed E-state index contributed by atoms with van der Waals surface area (Å²) >= 11 is 1.71. The minimum atomic E-state index is 0.0340. The van der Waals surface area contributed by atoms with Crippen LogP contribution >= 0.6 is 11.3 Å². The predicted octanol–water partition coefficient (Wildman–Crippen LogP) is 3.19. The van der Waals surface area contributed by atoms with Crippen LogP contribution in [-0.2, 0) is 6.54 Å². The molecule has 2 aromatic heterocycles. The van der Waals surface area contributed by atoms with Crippen molar-refractivity contribution in [3.63, 3.8) is 0 Å². The van der Waals surface area contributed by atoms with Gasteiger partial charge >= 0.3 is 6.01 Å². The maximum Gasteiger partial charge on any atom is 0.316 e. The molecule has 0 saturated heterocycles. The first kappa shape index (κ1) is 14.0. The van der Waals surface area contributed by atoms with Crippen LogP contribution in [0.1, 0.15) is 44.5 Å². The summed E-state index contributed by atoms with van der Waals surface area (Å²) in [7, 11) is 0. The molecule has 0 saturated carbocycles. The first-order chi connectivity index (χ1) is 8.94. The molecule has 0 aromatic carbocycles. The fraction of sp³-hybridized carbons (Fsp3) is 0.538. The lowest BCUT2D eigenvalue weighted by atomic mass is 10.1. The van der Waals surface area contributed by atoms with E-state index in [1.54, 1.807) is 11.3 Å². The van der Waals surface area contributed by atoms with Gasteiger partial charge in [0.2, 0.25) is 5.89 Å². The molecule has 2 heterocycles. The predicted molar refractivity (Wildman–Crippen MR) is 77.2 cm³/mol. The summed E-state index contributed by atoms with van der Waals surface area (Å²) in [5.74, 6) is 0.593. The summed E-state index contributed by atoms with van der Waals surface area (Å²) in [5, 5.41) is 16.6. The number of thiophene rings is 1. The zero-order chi connectivity index (χ0) is 13.9. The fourth-order valence-corrected chi connectivity index (χ4v) is 2.25. The van der Waals surface area contributed by atoms with Crippen molar-refractivity contribution in [1.29, 1.82) is 0 Å². The summed E-state index contributed by atoms with van der Waals surface area (Å²) in [5.41, 5.74) is 0.0340. The zero-order valence-electron chi connectivity index (χ0n) is 11.7. The van der Waals surface area contributed by atoms with Gasteiger partial charge in [-0.05, 0) is 39.1 Å². The highest BCUT2D eigenvalue weighted by Crippen LogP contribution is 2.22. The third-order valence-corrected chi connectivity index (χ3v) is 3.60. The Hall–Kier alpha value is -1.40. The van der Waals surface area contributed by atoms with Gasteiger partial charge in [-0.1, -0.05) is 11.2 Å². The van der Waals surface area contributed by atoms with Gasteiger partial charge < -0.3 is 15.1 Å². The molecule has 5 nitrogen and oxygen atoms in total. The Morgan fingerprint density at radius 3 is 2.79 bits per heavy atom. The molecule has 0 bridgehead atoms. The number of hydrogen-bond acceptors (Lipinski definition) is 6. The number of hydrogen-bond donors (Lipinski definition) is 2. The van der Waals surface area contributed by atoms with Crippen molar-refractivity contribution in [3.8, 4) is 0 Å². The van der Waals surface area contributed by atoms with Crippen molar-refractivity contribution >= 4 is 17.4 Å². The van der Waals surface area contributed by atoms with Crippen LogP contribution < -0.4 is 10.6 Å². The van der Waals surface area contributed by atoms with Crippen LogP contribution in [0.15, 0.2) is 21.9 Å². The Balaban J connectivity index is 1.90. The monoisotopic (exact) mass is 280 g/mol. The molecule has 0 aliphatic rings. The summed E-state index contributed by atoms with van der Waals surface area (Å²) < 4.78 is 5.56. The molecule has 2 aromatic rings. The van der Waals surface area contributed by atoms with Crippen molar-refractivity contribution in [2.45, 2.75) is 45.8 Å². The zero-order valence-corrected chi connectivity index (χ0v) is 12.5. The van der Waals surface area contributed by atoms with E-state index in [0.29, 0.717) is 18.5 Å². The summed E-state index contributed by atoms with van der Waals surface area (Å²) in [6.45, 7) is 8.94. The highest BCUT2D eigenvalue weighted by atomic mass is 32.1. The second-order valence-electron chi connectivity index (χ2n) is 5.49. The van der Waals surface area contributed by atoms with Gasteiger partial charge in [-0.15, -0.1) is 16.4 Å². The smallest absolute Gasteiger partial charge is 0.316 e. The van der Waals surface area contributed by atoms with E-state index in [4.69, 9.17) is 4.42 Å². The lowest BCUT2D eigenvalue weighted by Crippen LogP contribution is -2.35. The molecule has 19 heavy (non-hydrogen) atoms. The van der Waals surface area contributed by atoms with Crippen LogP contribution in [0.4, 0.5) is 6.01 Å². The molecule has 0 radical (unpaired) electrons. The van der Waals surface area contributed by atoms with Gasteiger partial charge in [-0.2, -0.15) is 0 Å². The van der Waals surface area contributed by atoms with Gasteiger partial charge in [0.15, 0.2) is 0 Å². The average molecular weight is 280 g/mol. The molecule has 1 unspecified atom stereocenters. The summed E-state index contributed by atoms with van der Waals surface area (Å²) in [6.07, 6.45) is 0. The molecule has 104 valence electrons. The Labute approximate surface area is 117 Å². The third-order valence-electron chi connectivity index (χ3n) is 2.55. The van der Waals surface area contributed by atoms with Gasteiger partial charge in [0.25, 0.3) is 0 Å². The molecule has 2 rings (SSSR count). The molecule has 0 fully saturated rings.